The van der Waals surface area contributed by atoms with Gasteiger partial charge >= 0.3 is 0 Å². The first kappa shape index (κ1) is 20.9. The molecule has 166 valence electrons. The Morgan fingerprint density at radius 1 is 1.27 bits per heavy atom. The summed E-state index contributed by atoms with van der Waals surface area (Å²) in [4.78, 5) is 21.0. The molecule has 0 spiro atoms. The Kier molecular flexibility index (Phi) is 5.19. The first-order valence-corrected chi connectivity index (χ1v) is 10.6. The van der Waals surface area contributed by atoms with Gasteiger partial charge in [0.2, 0.25) is 0 Å². The van der Waals surface area contributed by atoms with E-state index < -0.39 is 5.82 Å². The highest BCUT2D eigenvalue weighted by Crippen LogP contribution is 2.34. The van der Waals surface area contributed by atoms with E-state index in [0.29, 0.717) is 28.2 Å². The summed E-state index contributed by atoms with van der Waals surface area (Å²) in [7, 11) is 3.38. The van der Waals surface area contributed by atoms with Gasteiger partial charge < -0.3 is 9.15 Å². The molecule has 1 saturated heterocycles. The van der Waals surface area contributed by atoms with Gasteiger partial charge in [0.1, 0.15) is 5.82 Å². The van der Waals surface area contributed by atoms with E-state index in [0.717, 1.165) is 24.9 Å². The van der Waals surface area contributed by atoms with Crippen molar-refractivity contribution >= 4 is 10.9 Å². The lowest BCUT2D eigenvalue weighted by atomic mass is 10.0. The molecule has 1 unspecified atom stereocenters. The topological polar surface area (TPSA) is 84.3 Å². The van der Waals surface area contributed by atoms with Gasteiger partial charge in [0, 0.05) is 17.2 Å². The number of benzene rings is 2. The molecule has 4 aromatic rings. The van der Waals surface area contributed by atoms with Crippen LogP contribution in [-0.4, -0.2) is 35.2 Å². The number of hydrogen-bond donors (Lipinski definition) is 0. The summed E-state index contributed by atoms with van der Waals surface area (Å²) in [5, 5.41) is 9.86. The molecule has 2 aromatic carbocycles. The van der Waals surface area contributed by atoms with Crippen LogP contribution >= 0.6 is 0 Å². The molecular formula is C25H21FN4O3. The van der Waals surface area contributed by atoms with E-state index in [9.17, 15) is 14.4 Å². The van der Waals surface area contributed by atoms with Gasteiger partial charge in [0.25, 0.3) is 5.56 Å². The molecule has 3 heterocycles. The number of rotatable bonds is 4. The van der Waals surface area contributed by atoms with Gasteiger partial charge in [-0.05, 0) is 56.8 Å². The van der Waals surface area contributed by atoms with Crippen molar-refractivity contribution < 1.29 is 13.5 Å². The van der Waals surface area contributed by atoms with E-state index in [1.165, 1.54) is 36.1 Å². The third-order valence-electron chi connectivity index (χ3n) is 6.17. The SMILES string of the molecule is COc1ccc(-n2c(C3CCCN3C)nc3c(-c4ccoc4)cc(C#N)cc3c2=O)cc1F. The number of ether oxygens (including phenoxy) is 1. The highest BCUT2D eigenvalue weighted by Gasteiger charge is 2.29. The fraction of sp³-hybridized carbons (Fsp3) is 0.240. The average Bonchev–Trinajstić information content (AvgIpc) is 3.50. The fourth-order valence-electron chi connectivity index (χ4n) is 4.51. The molecule has 33 heavy (non-hydrogen) atoms. The van der Waals surface area contributed by atoms with E-state index in [-0.39, 0.29) is 22.7 Å². The van der Waals surface area contributed by atoms with Gasteiger partial charge in [0.05, 0.1) is 53.9 Å². The molecule has 7 nitrogen and oxygen atoms in total. The molecule has 0 saturated carbocycles. The molecule has 0 amide bonds. The van der Waals surface area contributed by atoms with Crippen LogP contribution in [0.15, 0.2) is 58.1 Å². The van der Waals surface area contributed by atoms with E-state index in [1.807, 2.05) is 7.05 Å². The van der Waals surface area contributed by atoms with Crippen LogP contribution < -0.4 is 10.3 Å². The first-order chi connectivity index (χ1) is 16.0. The minimum atomic E-state index is -0.572. The maximum Gasteiger partial charge on any atom is 0.266 e. The van der Waals surface area contributed by atoms with Crippen molar-refractivity contribution in [3.05, 3.63) is 76.5 Å². The second kappa shape index (κ2) is 8.19. The van der Waals surface area contributed by atoms with Crippen molar-refractivity contribution in [1.82, 2.24) is 14.5 Å². The normalized spacial score (nSPS) is 16.2. The van der Waals surface area contributed by atoms with Crippen LogP contribution in [0.1, 0.15) is 30.3 Å². The molecule has 5 rings (SSSR count). The predicted octanol–water partition coefficient (Wildman–Crippen LogP) is 4.43. The van der Waals surface area contributed by atoms with Crippen LogP contribution in [0.3, 0.4) is 0 Å². The summed E-state index contributed by atoms with van der Waals surface area (Å²) in [6.45, 7) is 0.873. The number of aromatic nitrogens is 2. The molecule has 0 radical (unpaired) electrons. The Labute approximate surface area is 189 Å². The standard InChI is InChI=1S/C25H21FN4O3/c1-29-8-3-4-21(29)24-28-23-18(16-7-9-33-14-16)10-15(13-27)11-19(23)25(31)30(24)17-5-6-22(32-2)20(26)12-17/h5-7,9-12,14,21H,3-4,8H2,1-2H3. The quantitative estimate of drug-likeness (QED) is 0.463. The summed E-state index contributed by atoms with van der Waals surface area (Å²) in [6.07, 6.45) is 4.88. The molecule has 0 aliphatic carbocycles. The minimum absolute atomic E-state index is 0.0918. The van der Waals surface area contributed by atoms with Crippen LogP contribution in [0, 0.1) is 17.1 Å². The zero-order valence-electron chi connectivity index (χ0n) is 18.2. The van der Waals surface area contributed by atoms with E-state index >= 15 is 0 Å². The molecule has 8 heteroatoms. The van der Waals surface area contributed by atoms with Crippen molar-refractivity contribution in [1.29, 1.82) is 5.26 Å². The molecule has 1 atom stereocenters. The number of methoxy groups -OCH3 is 1. The molecule has 1 fully saturated rings. The number of halogens is 1. The number of likely N-dealkylation sites (tertiary alicyclic amines) is 1. The van der Waals surface area contributed by atoms with Gasteiger partial charge in [-0.3, -0.25) is 14.3 Å². The Balaban J connectivity index is 1.88. The predicted molar refractivity (Wildman–Crippen MR) is 121 cm³/mol. The largest absolute Gasteiger partial charge is 0.494 e. The van der Waals surface area contributed by atoms with E-state index in [1.54, 1.807) is 24.5 Å². The van der Waals surface area contributed by atoms with Gasteiger partial charge in [-0.25, -0.2) is 9.37 Å². The molecule has 1 aliphatic rings. The van der Waals surface area contributed by atoms with Gasteiger partial charge in [-0.1, -0.05) is 0 Å². The van der Waals surface area contributed by atoms with Crippen molar-refractivity contribution in [2.45, 2.75) is 18.9 Å². The lowest BCUT2D eigenvalue weighted by Gasteiger charge is -2.24. The maximum atomic E-state index is 14.6. The third-order valence-corrected chi connectivity index (χ3v) is 6.17. The highest BCUT2D eigenvalue weighted by molar-refractivity contribution is 5.94. The minimum Gasteiger partial charge on any atom is -0.494 e. The summed E-state index contributed by atoms with van der Waals surface area (Å²) < 4.78 is 26.3. The van der Waals surface area contributed by atoms with Gasteiger partial charge in [-0.2, -0.15) is 5.26 Å². The van der Waals surface area contributed by atoms with Crippen LogP contribution in [0.2, 0.25) is 0 Å². The lowest BCUT2D eigenvalue weighted by molar-refractivity contribution is 0.301. The van der Waals surface area contributed by atoms with E-state index in [4.69, 9.17) is 14.1 Å². The monoisotopic (exact) mass is 444 g/mol. The summed E-state index contributed by atoms with van der Waals surface area (Å²) >= 11 is 0. The van der Waals surface area contributed by atoms with Crippen LogP contribution in [0.4, 0.5) is 4.39 Å². The number of fused-ring (bicyclic) bond motifs is 1. The van der Waals surface area contributed by atoms with Crippen molar-refractivity contribution in [3.8, 4) is 28.6 Å². The number of hydrogen-bond acceptors (Lipinski definition) is 6. The van der Waals surface area contributed by atoms with Crippen molar-refractivity contribution in [3.63, 3.8) is 0 Å². The average molecular weight is 444 g/mol. The zero-order valence-corrected chi connectivity index (χ0v) is 18.2. The number of nitrogens with zero attached hydrogens (tertiary/aromatic N) is 4. The fourth-order valence-corrected chi connectivity index (χ4v) is 4.51. The summed E-state index contributed by atoms with van der Waals surface area (Å²) in [6, 6.07) is 11.4. The molecule has 0 bridgehead atoms. The molecular weight excluding hydrogens is 423 g/mol. The third kappa shape index (κ3) is 3.47. The van der Waals surface area contributed by atoms with Crippen LogP contribution in [0.25, 0.3) is 27.7 Å². The van der Waals surface area contributed by atoms with Crippen molar-refractivity contribution in [2.24, 2.45) is 0 Å². The van der Waals surface area contributed by atoms with Crippen LogP contribution in [-0.2, 0) is 0 Å². The smallest absolute Gasteiger partial charge is 0.266 e. The van der Waals surface area contributed by atoms with Gasteiger partial charge in [0.15, 0.2) is 11.6 Å². The summed E-state index contributed by atoms with van der Waals surface area (Å²) in [5.74, 6) is 0.0539. The lowest BCUT2D eigenvalue weighted by Crippen LogP contribution is -2.30. The second-order valence-electron chi connectivity index (χ2n) is 8.11. The molecule has 1 aliphatic heterocycles. The maximum absolute atomic E-state index is 14.6. The Bertz CT molecular complexity index is 1450. The highest BCUT2D eigenvalue weighted by atomic mass is 19.1. The van der Waals surface area contributed by atoms with Gasteiger partial charge in [-0.15, -0.1) is 0 Å². The zero-order chi connectivity index (χ0) is 23.1. The summed E-state index contributed by atoms with van der Waals surface area (Å²) in [5.41, 5.74) is 2.18. The molecule has 2 aromatic heterocycles. The Hall–Kier alpha value is -3.96. The molecule has 0 N–H and O–H groups in total. The Morgan fingerprint density at radius 3 is 2.76 bits per heavy atom. The number of nitriles is 1. The van der Waals surface area contributed by atoms with E-state index in [2.05, 4.69) is 11.0 Å². The van der Waals surface area contributed by atoms with Crippen LogP contribution in [0.5, 0.6) is 5.75 Å². The van der Waals surface area contributed by atoms with Crippen molar-refractivity contribution in [2.75, 3.05) is 20.7 Å². The first-order valence-electron chi connectivity index (χ1n) is 10.6. The number of furan rings is 1. The second-order valence-corrected chi connectivity index (χ2v) is 8.11. The Morgan fingerprint density at radius 2 is 2.12 bits per heavy atom.